The Morgan fingerprint density at radius 2 is 2.22 bits per heavy atom. The van der Waals surface area contributed by atoms with E-state index in [0.29, 0.717) is 13.1 Å². The van der Waals surface area contributed by atoms with E-state index in [4.69, 9.17) is 4.42 Å². The van der Waals surface area contributed by atoms with E-state index >= 15 is 0 Å². The molecule has 2 heterocycles. The zero-order valence-corrected chi connectivity index (χ0v) is 11.4. The van der Waals surface area contributed by atoms with Crippen LogP contribution in [0.1, 0.15) is 24.3 Å². The van der Waals surface area contributed by atoms with Crippen LogP contribution in [0.4, 0.5) is 0 Å². The van der Waals surface area contributed by atoms with E-state index in [1.165, 1.54) is 4.88 Å². The summed E-state index contributed by atoms with van der Waals surface area (Å²) in [5.41, 5.74) is 1.03. The van der Waals surface area contributed by atoms with Gasteiger partial charge in [-0.05, 0) is 17.5 Å². The predicted molar refractivity (Wildman–Crippen MR) is 72.1 cm³/mol. The Hall–Kier alpha value is -1.55. The van der Waals surface area contributed by atoms with Gasteiger partial charge >= 0.3 is 0 Å². The molecular formula is C14H17NO2S. The first-order valence-corrected chi connectivity index (χ1v) is 6.87. The first-order valence-electron chi connectivity index (χ1n) is 5.99. The third-order valence-electron chi connectivity index (χ3n) is 2.69. The summed E-state index contributed by atoms with van der Waals surface area (Å²) < 4.78 is 5.06. The van der Waals surface area contributed by atoms with Crippen molar-refractivity contribution in [2.24, 2.45) is 5.92 Å². The van der Waals surface area contributed by atoms with Gasteiger partial charge in [-0.15, -0.1) is 11.3 Å². The number of carbonyl (C=O) groups excluding carboxylic acids is 1. The lowest BCUT2D eigenvalue weighted by atomic mass is 10.1. The summed E-state index contributed by atoms with van der Waals surface area (Å²) >= 11 is 1.68. The standard InChI is InChI=1S/C14H17NO2S/c1-11(2)14(16)15(8-12-5-6-17-10-12)9-13-4-3-7-18-13/h3-7,10-11H,8-9H2,1-2H3. The molecule has 0 unspecified atom stereocenters. The summed E-state index contributed by atoms with van der Waals surface area (Å²) in [6.45, 7) is 5.13. The number of rotatable bonds is 5. The SMILES string of the molecule is CC(C)C(=O)N(Cc1ccoc1)Cc1cccs1. The fourth-order valence-electron chi connectivity index (χ4n) is 1.77. The highest BCUT2D eigenvalue weighted by Crippen LogP contribution is 2.16. The minimum absolute atomic E-state index is 0.0110. The summed E-state index contributed by atoms with van der Waals surface area (Å²) in [6.07, 6.45) is 3.33. The number of hydrogen-bond acceptors (Lipinski definition) is 3. The van der Waals surface area contributed by atoms with Crippen molar-refractivity contribution in [3.8, 4) is 0 Å². The number of thiophene rings is 1. The molecule has 96 valence electrons. The Balaban J connectivity index is 2.09. The van der Waals surface area contributed by atoms with Gasteiger partial charge in [-0.2, -0.15) is 0 Å². The van der Waals surface area contributed by atoms with Crippen molar-refractivity contribution in [3.63, 3.8) is 0 Å². The number of hydrogen-bond donors (Lipinski definition) is 0. The van der Waals surface area contributed by atoms with Crippen molar-refractivity contribution in [1.29, 1.82) is 0 Å². The van der Waals surface area contributed by atoms with Crippen LogP contribution in [-0.4, -0.2) is 10.8 Å². The van der Waals surface area contributed by atoms with Gasteiger partial charge in [0.15, 0.2) is 0 Å². The van der Waals surface area contributed by atoms with Crippen molar-refractivity contribution in [2.45, 2.75) is 26.9 Å². The molecule has 0 aliphatic carbocycles. The molecule has 0 fully saturated rings. The molecule has 0 bridgehead atoms. The van der Waals surface area contributed by atoms with Crippen molar-refractivity contribution in [2.75, 3.05) is 0 Å². The molecule has 0 atom stereocenters. The van der Waals surface area contributed by atoms with Crippen LogP contribution >= 0.6 is 11.3 Å². The number of amides is 1. The lowest BCUT2D eigenvalue weighted by Gasteiger charge is -2.23. The Morgan fingerprint density at radius 1 is 1.39 bits per heavy atom. The normalized spacial score (nSPS) is 10.8. The number of furan rings is 1. The van der Waals surface area contributed by atoms with Crippen LogP contribution in [0.2, 0.25) is 0 Å². The second-order valence-electron chi connectivity index (χ2n) is 4.56. The average Bonchev–Trinajstić information content (AvgIpc) is 2.99. The van der Waals surface area contributed by atoms with Crippen LogP contribution in [0.5, 0.6) is 0 Å². The second kappa shape index (κ2) is 5.87. The van der Waals surface area contributed by atoms with E-state index < -0.39 is 0 Å². The first-order chi connectivity index (χ1) is 8.66. The topological polar surface area (TPSA) is 33.5 Å². The van der Waals surface area contributed by atoms with E-state index in [1.807, 2.05) is 36.3 Å². The highest BCUT2D eigenvalue weighted by atomic mass is 32.1. The Bertz CT molecular complexity index is 438. The molecule has 0 N–H and O–H groups in total. The van der Waals surface area contributed by atoms with Crippen LogP contribution in [0.15, 0.2) is 40.5 Å². The Kier molecular flexibility index (Phi) is 4.20. The van der Waals surface area contributed by atoms with Crippen LogP contribution in [0.3, 0.4) is 0 Å². The lowest BCUT2D eigenvalue weighted by Crippen LogP contribution is -2.32. The summed E-state index contributed by atoms with van der Waals surface area (Å²) in [5.74, 6) is 0.182. The maximum atomic E-state index is 12.2. The van der Waals surface area contributed by atoms with Crippen LogP contribution in [0.25, 0.3) is 0 Å². The van der Waals surface area contributed by atoms with Crippen LogP contribution < -0.4 is 0 Å². The molecule has 2 aromatic heterocycles. The summed E-state index contributed by atoms with van der Waals surface area (Å²) in [4.78, 5) is 15.3. The minimum Gasteiger partial charge on any atom is -0.472 e. The van der Waals surface area contributed by atoms with Gasteiger partial charge in [0.1, 0.15) is 0 Å². The highest BCUT2D eigenvalue weighted by Gasteiger charge is 2.18. The highest BCUT2D eigenvalue weighted by molar-refractivity contribution is 7.09. The Morgan fingerprint density at radius 3 is 2.78 bits per heavy atom. The van der Waals surface area contributed by atoms with Gasteiger partial charge in [0, 0.05) is 22.9 Å². The van der Waals surface area contributed by atoms with Gasteiger partial charge in [-0.1, -0.05) is 19.9 Å². The van der Waals surface area contributed by atoms with Gasteiger partial charge in [0.05, 0.1) is 19.1 Å². The van der Waals surface area contributed by atoms with Gasteiger partial charge in [-0.25, -0.2) is 0 Å². The number of carbonyl (C=O) groups is 1. The molecule has 0 spiro atoms. The van der Waals surface area contributed by atoms with Gasteiger partial charge < -0.3 is 9.32 Å². The first kappa shape index (κ1) is 12.9. The van der Waals surface area contributed by atoms with Crippen molar-refractivity contribution >= 4 is 17.2 Å². The number of nitrogens with zero attached hydrogens (tertiary/aromatic N) is 1. The summed E-state index contributed by atoms with van der Waals surface area (Å²) in [7, 11) is 0. The summed E-state index contributed by atoms with van der Waals surface area (Å²) in [6, 6.07) is 5.96. The molecule has 18 heavy (non-hydrogen) atoms. The molecule has 3 nitrogen and oxygen atoms in total. The van der Waals surface area contributed by atoms with Crippen LogP contribution in [0, 0.1) is 5.92 Å². The minimum atomic E-state index is 0.0110. The zero-order chi connectivity index (χ0) is 13.0. The molecule has 0 radical (unpaired) electrons. The molecule has 0 saturated heterocycles. The molecule has 0 aromatic carbocycles. The van der Waals surface area contributed by atoms with E-state index in [9.17, 15) is 4.79 Å². The lowest BCUT2D eigenvalue weighted by molar-refractivity contribution is -0.135. The third kappa shape index (κ3) is 3.23. The Labute approximate surface area is 111 Å². The molecule has 0 aliphatic rings. The van der Waals surface area contributed by atoms with Gasteiger partial charge in [-0.3, -0.25) is 4.79 Å². The largest absolute Gasteiger partial charge is 0.472 e. The van der Waals surface area contributed by atoms with Gasteiger partial charge in [0.25, 0.3) is 0 Å². The monoisotopic (exact) mass is 263 g/mol. The molecular weight excluding hydrogens is 246 g/mol. The summed E-state index contributed by atoms with van der Waals surface area (Å²) in [5, 5.41) is 2.03. The molecule has 0 aliphatic heterocycles. The third-order valence-corrected chi connectivity index (χ3v) is 3.55. The van der Waals surface area contributed by atoms with E-state index in [0.717, 1.165) is 5.56 Å². The molecule has 2 aromatic rings. The molecule has 1 amide bonds. The second-order valence-corrected chi connectivity index (χ2v) is 5.59. The maximum Gasteiger partial charge on any atom is 0.225 e. The molecule has 4 heteroatoms. The quantitative estimate of drug-likeness (QED) is 0.827. The maximum absolute atomic E-state index is 12.2. The molecule has 0 saturated carbocycles. The van der Waals surface area contributed by atoms with Gasteiger partial charge in [0.2, 0.25) is 5.91 Å². The smallest absolute Gasteiger partial charge is 0.225 e. The van der Waals surface area contributed by atoms with E-state index in [-0.39, 0.29) is 11.8 Å². The van der Waals surface area contributed by atoms with Crippen LogP contribution in [-0.2, 0) is 17.9 Å². The van der Waals surface area contributed by atoms with Crippen molar-refractivity contribution < 1.29 is 9.21 Å². The van der Waals surface area contributed by atoms with Crippen molar-refractivity contribution in [1.82, 2.24) is 4.90 Å². The zero-order valence-electron chi connectivity index (χ0n) is 10.6. The fourth-order valence-corrected chi connectivity index (χ4v) is 2.49. The van der Waals surface area contributed by atoms with E-state index in [2.05, 4.69) is 6.07 Å². The van der Waals surface area contributed by atoms with Crippen molar-refractivity contribution in [3.05, 3.63) is 46.5 Å². The fraction of sp³-hybridized carbons (Fsp3) is 0.357. The molecule has 2 rings (SSSR count). The van der Waals surface area contributed by atoms with E-state index in [1.54, 1.807) is 23.9 Å². The predicted octanol–water partition coefficient (Wildman–Crippen LogP) is 3.53. The average molecular weight is 263 g/mol.